The molecule has 0 radical (unpaired) electrons. The van der Waals surface area contributed by atoms with E-state index in [0.717, 1.165) is 5.75 Å². The molecule has 1 unspecified atom stereocenters. The Labute approximate surface area is 87.8 Å². The molecule has 0 bridgehead atoms. The Balaban J connectivity index is 1.83. The fourth-order valence-corrected chi connectivity index (χ4v) is 1.89. The minimum Gasteiger partial charge on any atom is -0.486 e. The lowest BCUT2D eigenvalue weighted by Gasteiger charge is -2.44. The first-order valence-electron chi connectivity index (χ1n) is 5.09. The molecule has 1 aromatic rings. The maximum atomic E-state index is 10.1. The summed E-state index contributed by atoms with van der Waals surface area (Å²) >= 11 is 0. The zero-order valence-corrected chi connectivity index (χ0v) is 8.27. The van der Waals surface area contributed by atoms with E-state index >= 15 is 0 Å². The molecule has 1 fully saturated rings. The molecule has 4 heteroatoms. The molecule has 0 aliphatic carbocycles. The molecule has 80 valence electrons. The Morgan fingerprint density at radius 2 is 2.00 bits per heavy atom. The number of benzene rings is 1. The zero-order chi connectivity index (χ0) is 10.3. The quantitative estimate of drug-likeness (QED) is 0.689. The third kappa shape index (κ3) is 1.37. The lowest BCUT2D eigenvalue weighted by Crippen LogP contribution is -2.69. The molecule has 2 N–H and O–H groups in total. The minimum absolute atomic E-state index is 0.270. The largest absolute Gasteiger partial charge is 0.486 e. The number of aliphatic hydroxyl groups is 1. The number of hydrogen-bond acceptors (Lipinski definition) is 4. The van der Waals surface area contributed by atoms with Crippen LogP contribution in [0.4, 0.5) is 0 Å². The van der Waals surface area contributed by atoms with Gasteiger partial charge in [-0.2, -0.15) is 0 Å². The monoisotopic (exact) mass is 207 g/mol. The van der Waals surface area contributed by atoms with Gasteiger partial charge in [0.15, 0.2) is 17.6 Å². The van der Waals surface area contributed by atoms with Gasteiger partial charge in [-0.05, 0) is 12.1 Å². The van der Waals surface area contributed by atoms with Crippen LogP contribution in [0.15, 0.2) is 24.3 Å². The SMILES string of the molecule is OC1(C2COc3ccccc3O2)CNC1. The molecule has 2 aliphatic rings. The predicted octanol–water partition coefficient (Wildman–Crippen LogP) is 0.161. The Morgan fingerprint density at radius 1 is 1.27 bits per heavy atom. The molecule has 2 aliphatic heterocycles. The van der Waals surface area contributed by atoms with Crippen LogP contribution < -0.4 is 14.8 Å². The summed E-state index contributed by atoms with van der Waals surface area (Å²) in [6.45, 7) is 1.56. The molecule has 0 spiro atoms. The van der Waals surface area contributed by atoms with Crippen LogP contribution in [0.25, 0.3) is 0 Å². The summed E-state index contributed by atoms with van der Waals surface area (Å²) in [5.74, 6) is 1.47. The van der Waals surface area contributed by atoms with Crippen molar-refractivity contribution >= 4 is 0 Å². The highest BCUT2D eigenvalue weighted by Gasteiger charge is 2.46. The van der Waals surface area contributed by atoms with E-state index in [-0.39, 0.29) is 6.10 Å². The highest BCUT2D eigenvalue weighted by molar-refractivity contribution is 5.41. The van der Waals surface area contributed by atoms with Crippen LogP contribution in [0.5, 0.6) is 11.5 Å². The van der Waals surface area contributed by atoms with E-state index in [4.69, 9.17) is 9.47 Å². The predicted molar refractivity (Wildman–Crippen MR) is 54.2 cm³/mol. The Hall–Kier alpha value is -1.26. The molecule has 1 atom stereocenters. The summed E-state index contributed by atoms with van der Waals surface area (Å²) in [4.78, 5) is 0. The van der Waals surface area contributed by atoms with Crippen molar-refractivity contribution in [1.29, 1.82) is 0 Å². The molecular weight excluding hydrogens is 194 g/mol. The molecule has 3 rings (SSSR count). The van der Waals surface area contributed by atoms with Crippen molar-refractivity contribution < 1.29 is 14.6 Å². The van der Waals surface area contributed by atoms with E-state index in [1.165, 1.54) is 0 Å². The number of β-amino-alcohol motifs (C(OH)–C–C–N with tert-alkyl or cyclic N) is 1. The molecule has 0 saturated carbocycles. The number of rotatable bonds is 1. The van der Waals surface area contributed by atoms with E-state index in [0.29, 0.717) is 25.4 Å². The topological polar surface area (TPSA) is 50.7 Å². The maximum Gasteiger partial charge on any atom is 0.164 e. The first-order valence-corrected chi connectivity index (χ1v) is 5.09. The van der Waals surface area contributed by atoms with Crippen molar-refractivity contribution in [2.24, 2.45) is 0 Å². The van der Waals surface area contributed by atoms with Gasteiger partial charge in [-0.25, -0.2) is 0 Å². The molecule has 1 saturated heterocycles. The Bertz CT molecular complexity index is 376. The standard InChI is InChI=1S/C11H13NO3/c13-11(6-12-7-11)10-5-14-8-3-1-2-4-9(8)15-10/h1-4,10,12-13H,5-7H2. The van der Waals surface area contributed by atoms with Gasteiger partial charge in [-0.3, -0.25) is 0 Å². The van der Waals surface area contributed by atoms with Gasteiger partial charge in [0.25, 0.3) is 0 Å². The van der Waals surface area contributed by atoms with Crippen molar-refractivity contribution in [2.45, 2.75) is 11.7 Å². The van der Waals surface area contributed by atoms with Crippen LogP contribution in [0, 0.1) is 0 Å². The molecule has 0 amide bonds. The molecule has 2 heterocycles. The number of hydrogen-bond donors (Lipinski definition) is 2. The lowest BCUT2D eigenvalue weighted by atomic mass is 9.90. The smallest absolute Gasteiger partial charge is 0.164 e. The Morgan fingerprint density at radius 3 is 2.67 bits per heavy atom. The van der Waals surface area contributed by atoms with Crippen LogP contribution in [0.1, 0.15) is 0 Å². The van der Waals surface area contributed by atoms with Crippen LogP contribution >= 0.6 is 0 Å². The van der Waals surface area contributed by atoms with Crippen molar-refractivity contribution in [2.75, 3.05) is 19.7 Å². The third-order valence-corrected chi connectivity index (χ3v) is 2.97. The normalized spacial score (nSPS) is 26.9. The van der Waals surface area contributed by atoms with Gasteiger partial charge in [-0.15, -0.1) is 0 Å². The second kappa shape index (κ2) is 3.12. The van der Waals surface area contributed by atoms with Gasteiger partial charge in [0.2, 0.25) is 0 Å². The van der Waals surface area contributed by atoms with Crippen LogP contribution in [0.2, 0.25) is 0 Å². The summed E-state index contributed by atoms with van der Waals surface area (Å²) < 4.78 is 11.3. The van der Waals surface area contributed by atoms with Gasteiger partial charge in [-0.1, -0.05) is 12.1 Å². The summed E-state index contributed by atoms with van der Waals surface area (Å²) in [6, 6.07) is 7.53. The molecule has 15 heavy (non-hydrogen) atoms. The van der Waals surface area contributed by atoms with E-state index in [2.05, 4.69) is 5.32 Å². The number of ether oxygens (including phenoxy) is 2. The maximum absolute atomic E-state index is 10.1. The summed E-state index contributed by atoms with van der Waals surface area (Å²) in [6.07, 6.45) is -0.270. The number of para-hydroxylation sites is 2. The van der Waals surface area contributed by atoms with Gasteiger partial charge in [0.1, 0.15) is 12.2 Å². The first-order chi connectivity index (χ1) is 7.28. The fourth-order valence-electron chi connectivity index (χ4n) is 1.89. The van der Waals surface area contributed by atoms with Gasteiger partial charge in [0.05, 0.1) is 0 Å². The zero-order valence-electron chi connectivity index (χ0n) is 8.27. The van der Waals surface area contributed by atoms with Crippen LogP contribution in [-0.2, 0) is 0 Å². The third-order valence-electron chi connectivity index (χ3n) is 2.97. The number of nitrogens with one attached hydrogen (secondary N) is 1. The number of fused-ring (bicyclic) bond motifs is 1. The minimum atomic E-state index is -0.770. The van der Waals surface area contributed by atoms with E-state index in [1.54, 1.807) is 0 Å². The molecule has 1 aromatic carbocycles. The second-order valence-electron chi connectivity index (χ2n) is 4.07. The summed E-state index contributed by atoms with van der Waals surface area (Å²) in [5, 5.41) is 13.1. The first kappa shape index (κ1) is 9.00. The fraction of sp³-hybridized carbons (Fsp3) is 0.455. The summed E-state index contributed by atoms with van der Waals surface area (Å²) in [5.41, 5.74) is -0.770. The average molecular weight is 207 g/mol. The second-order valence-corrected chi connectivity index (χ2v) is 4.07. The van der Waals surface area contributed by atoms with Crippen molar-refractivity contribution in [1.82, 2.24) is 5.32 Å². The Kier molecular flexibility index (Phi) is 1.87. The lowest BCUT2D eigenvalue weighted by molar-refractivity contribution is -0.117. The van der Waals surface area contributed by atoms with Gasteiger partial charge in [0, 0.05) is 13.1 Å². The van der Waals surface area contributed by atoms with E-state index < -0.39 is 5.60 Å². The van der Waals surface area contributed by atoms with Gasteiger partial charge < -0.3 is 19.9 Å². The molecular formula is C11H13NO3. The van der Waals surface area contributed by atoms with Crippen molar-refractivity contribution in [3.63, 3.8) is 0 Å². The van der Waals surface area contributed by atoms with Crippen molar-refractivity contribution in [3.05, 3.63) is 24.3 Å². The van der Waals surface area contributed by atoms with E-state index in [9.17, 15) is 5.11 Å². The van der Waals surface area contributed by atoms with E-state index in [1.807, 2.05) is 24.3 Å². The molecule has 0 aromatic heterocycles. The van der Waals surface area contributed by atoms with Crippen molar-refractivity contribution in [3.8, 4) is 11.5 Å². The highest BCUT2D eigenvalue weighted by Crippen LogP contribution is 2.34. The highest BCUT2D eigenvalue weighted by atomic mass is 16.6. The summed E-state index contributed by atoms with van der Waals surface area (Å²) in [7, 11) is 0. The van der Waals surface area contributed by atoms with Crippen LogP contribution in [-0.4, -0.2) is 36.5 Å². The van der Waals surface area contributed by atoms with Crippen LogP contribution in [0.3, 0.4) is 0 Å². The van der Waals surface area contributed by atoms with Gasteiger partial charge >= 0.3 is 0 Å². The average Bonchev–Trinajstić information content (AvgIpc) is 2.25. The molecule has 4 nitrogen and oxygen atoms in total.